The van der Waals surface area contributed by atoms with Crippen molar-refractivity contribution in [1.29, 1.82) is 0 Å². The minimum Gasteiger partial charge on any atom is -0.482 e. The topological polar surface area (TPSA) is 51.2 Å². The Balaban J connectivity index is 2.26. The first kappa shape index (κ1) is 12.3. The van der Waals surface area contributed by atoms with Crippen molar-refractivity contribution < 1.29 is 22.7 Å². The van der Waals surface area contributed by atoms with Gasteiger partial charge >= 0.3 is 6.18 Å². The molecule has 0 fully saturated rings. The first-order valence-corrected chi connectivity index (χ1v) is 4.33. The SMILES string of the molecule is O=C(COc1cccnc1)NCC(F)(F)F. The molecule has 1 aromatic heterocycles. The zero-order chi connectivity index (χ0) is 12.0. The van der Waals surface area contributed by atoms with Crippen molar-refractivity contribution in [2.24, 2.45) is 0 Å². The van der Waals surface area contributed by atoms with Gasteiger partial charge in [0.25, 0.3) is 5.91 Å². The van der Waals surface area contributed by atoms with Crippen LogP contribution in [0.25, 0.3) is 0 Å². The molecule has 4 nitrogen and oxygen atoms in total. The second-order valence-electron chi connectivity index (χ2n) is 2.87. The minimum atomic E-state index is -4.41. The molecule has 1 N–H and O–H groups in total. The van der Waals surface area contributed by atoms with Gasteiger partial charge in [0.15, 0.2) is 6.61 Å². The number of carbonyl (C=O) groups is 1. The van der Waals surface area contributed by atoms with Crippen LogP contribution in [-0.4, -0.2) is 30.2 Å². The van der Waals surface area contributed by atoms with E-state index in [0.29, 0.717) is 5.75 Å². The van der Waals surface area contributed by atoms with Gasteiger partial charge in [-0.25, -0.2) is 0 Å². The standard InChI is InChI=1S/C9H9F3N2O2/c10-9(11,12)6-14-8(15)5-16-7-2-1-3-13-4-7/h1-4H,5-6H2,(H,14,15). The molecule has 1 aromatic rings. The van der Waals surface area contributed by atoms with E-state index in [1.807, 2.05) is 0 Å². The minimum absolute atomic E-state index is 0.324. The Kier molecular flexibility index (Phi) is 4.10. The number of alkyl halides is 3. The lowest BCUT2D eigenvalue weighted by Crippen LogP contribution is -2.36. The summed E-state index contributed by atoms with van der Waals surface area (Å²) in [5, 5.41) is 1.68. The lowest BCUT2D eigenvalue weighted by atomic mass is 10.4. The Morgan fingerprint density at radius 2 is 2.25 bits per heavy atom. The van der Waals surface area contributed by atoms with E-state index in [1.54, 1.807) is 17.4 Å². The fourth-order valence-corrected chi connectivity index (χ4v) is 0.831. The number of halogens is 3. The van der Waals surface area contributed by atoms with E-state index < -0.39 is 25.2 Å². The van der Waals surface area contributed by atoms with E-state index in [4.69, 9.17) is 4.74 Å². The summed E-state index contributed by atoms with van der Waals surface area (Å²) in [5.74, 6) is -0.508. The van der Waals surface area contributed by atoms with Crippen LogP contribution in [0, 0.1) is 0 Å². The van der Waals surface area contributed by atoms with Crippen LogP contribution in [0.2, 0.25) is 0 Å². The number of carbonyl (C=O) groups excluding carboxylic acids is 1. The summed E-state index contributed by atoms with van der Waals surface area (Å²) in [7, 11) is 0. The molecular weight excluding hydrogens is 225 g/mol. The zero-order valence-corrected chi connectivity index (χ0v) is 8.12. The van der Waals surface area contributed by atoms with Crippen LogP contribution in [0.3, 0.4) is 0 Å². The molecule has 7 heteroatoms. The molecule has 1 rings (SSSR count). The fraction of sp³-hybridized carbons (Fsp3) is 0.333. The summed E-state index contributed by atoms with van der Waals surface area (Å²) in [6, 6.07) is 3.13. The molecule has 0 aliphatic heterocycles. The fourth-order valence-electron chi connectivity index (χ4n) is 0.831. The van der Waals surface area contributed by atoms with Crippen molar-refractivity contribution in [3.05, 3.63) is 24.5 Å². The quantitative estimate of drug-likeness (QED) is 0.849. The highest BCUT2D eigenvalue weighted by Crippen LogP contribution is 2.12. The maximum Gasteiger partial charge on any atom is 0.405 e. The van der Waals surface area contributed by atoms with Gasteiger partial charge in [-0.05, 0) is 12.1 Å². The molecule has 0 unspecified atom stereocenters. The number of nitrogens with one attached hydrogen (secondary N) is 1. The van der Waals surface area contributed by atoms with Crippen molar-refractivity contribution in [3.8, 4) is 5.75 Å². The van der Waals surface area contributed by atoms with Crippen LogP contribution >= 0.6 is 0 Å². The van der Waals surface area contributed by atoms with Crippen LogP contribution in [0.15, 0.2) is 24.5 Å². The van der Waals surface area contributed by atoms with Crippen molar-refractivity contribution >= 4 is 5.91 Å². The second kappa shape index (κ2) is 5.34. The highest BCUT2D eigenvalue weighted by atomic mass is 19.4. The Hall–Kier alpha value is -1.79. The number of nitrogens with zero attached hydrogens (tertiary/aromatic N) is 1. The average molecular weight is 234 g/mol. The van der Waals surface area contributed by atoms with Gasteiger partial charge in [-0.15, -0.1) is 0 Å². The van der Waals surface area contributed by atoms with E-state index in [0.717, 1.165) is 0 Å². The van der Waals surface area contributed by atoms with Crippen molar-refractivity contribution in [2.45, 2.75) is 6.18 Å². The summed E-state index contributed by atoms with van der Waals surface area (Å²) in [5.41, 5.74) is 0. The lowest BCUT2D eigenvalue weighted by molar-refractivity contribution is -0.139. The van der Waals surface area contributed by atoms with Crippen LogP contribution < -0.4 is 10.1 Å². The molecule has 0 aliphatic carbocycles. The molecule has 0 bridgehead atoms. The number of aromatic nitrogens is 1. The Bertz CT molecular complexity index is 340. The molecule has 0 aliphatic rings. The number of hydrogen-bond acceptors (Lipinski definition) is 3. The molecule has 0 aromatic carbocycles. The van der Waals surface area contributed by atoms with Crippen LogP contribution in [0.1, 0.15) is 0 Å². The molecule has 1 amide bonds. The maximum atomic E-state index is 11.7. The monoisotopic (exact) mass is 234 g/mol. The van der Waals surface area contributed by atoms with E-state index >= 15 is 0 Å². The largest absolute Gasteiger partial charge is 0.482 e. The molecule has 1 heterocycles. The zero-order valence-electron chi connectivity index (χ0n) is 8.12. The summed E-state index contributed by atoms with van der Waals surface area (Å²) in [6.45, 7) is -1.83. The van der Waals surface area contributed by atoms with E-state index in [-0.39, 0.29) is 0 Å². The van der Waals surface area contributed by atoms with Crippen LogP contribution in [0.5, 0.6) is 5.75 Å². The van der Waals surface area contributed by atoms with Gasteiger partial charge in [0.2, 0.25) is 0 Å². The Morgan fingerprint density at radius 3 is 2.81 bits per heavy atom. The number of rotatable bonds is 4. The highest BCUT2D eigenvalue weighted by molar-refractivity contribution is 5.77. The normalized spacial score (nSPS) is 10.9. The molecule has 0 saturated heterocycles. The van der Waals surface area contributed by atoms with E-state index in [1.165, 1.54) is 12.4 Å². The number of pyridine rings is 1. The van der Waals surface area contributed by atoms with Crippen molar-refractivity contribution in [3.63, 3.8) is 0 Å². The van der Waals surface area contributed by atoms with Gasteiger partial charge in [0, 0.05) is 6.20 Å². The predicted octanol–water partition coefficient (Wildman–Crippen LogP) is 1.14. The van der Waals surface area contributed by atoms with Gasteiger partial charge in [-0.3, -0.25) is 9.78 Å². The number of amides is 1. The summed E-state index contributed by atoms with van der Waals surface area (Å²) >= 11 is 0. The molecule has 0 radical (unpaired) electrons. The van der Waals surface area contributed by atoms with Crippen LogP contribution in [0.4, 0.5) is 13.2 Å². The second-order valence-corrected chi connectivity index (χ2v) is 2.87. The van der Waals surface area contributed by atoms with Gasteiger partial charge in [-0.1, -0.05) is 0 Å². The van der Waals surface area contributed by atoms with E-state index in [9.17, 15) is 18.0 Å². The third-order valence-electron chi connectivity index (χ3n) is 1.49. The van der Waals surface area contributed by atoms with Crippen LogP contribution in [-0.2, 0) is 4.79 Å². The summed E-state index contributed by atoms with van der Waals surface area (Å²) in [6.07, 6.45) is -1.54. The first-order valence-electron chi connectivity index (χ1n) is 4.33. The Morgan fingerprint density at radius 1 is 1.50 bits per heavy atom. The van der Waals surface area contributed by atoms with Gasteiger partial charge in [-0.2, -0.15) is 13.2 Å². The van der Waals surface area contributed by atoms with Crippen molar-refractivity contribution in [1.82, 2.24) is 10.3 Å². The van der Waals surface area contributed by atoms with Gasteiger partial charge in [0.1, 0.15) is 12.3 Å². The lowest BCUT2D eigenvalue weighted by Gasteiger charge is -2.08. The van der Waals surface area contributed by atoms with Gasteiger partial charge in [0.05, 0.1) is 6.20 Å². The first-order chi connectivity index (χ1) is 7.47. The molecule has 0 saturated carbocycles. The highest BCUT2D eigenvalue weighted by Gasteiger charge is 2.27. The third-order valence-corrected chi connectivity index (χ3v) is 1.49. The number of hydrogen-bond donors (Lipinski definition) is 1. The van der Waals surface area contributed by atoms with E-state index in [2.05, 4.69) is 4.98 Å². The molecule has 16 heavy (non-hydrogen) atoms. The molecular formula is C9H9F3N2O2. The summed E-state index contributed by atoms with van der Waals surface area (Å²) < 4.78 is 40.0. The average Bonchev–Trinajstić information content (AvgIpc) is 2.24. The van der Waals surface area contributed by atoms with Crippen molar-refractivity contribution in [2.75, 3.05) is 13.2 Å². The predicted molar refractivity (Wildman–Crippen MR) is 48.8 cm³/mol. The summed E-state index contributed by atoms with van der Waals surface area (Å²) in [4.78, 5) is 14.6. The number of ether oxygens (including phenoxy) is 1. The van der Waals surface area contributed by atoms with Gasteiger partial charge < -0.3 is 10.1 Å². The Labute approximate surface area is 89.4 Å². The maximum absolute atomic E-state index is 11.7. The third kappa shape index (κ3) is 5.18. The molecule has 0 atom stereocenters. The molecule has 88 valence electrons. The smallest absolute Gasteiger partial charge is 0.405 e. The molecule has 0 spiro atoms.